The Morgan fingerprint density at radius 2 is 0.720 bits per heavy atom. The van der Waals surface area contributed by atoms with Crippen LogP contribution < -0.4 is 0 Å². The van der Waals surface area contributed by atoms with Crippen molar-refractivity contribution >= 4 is 75.1 Å². The zero-order valence-electron chi connectivity index (χ0n) is 40.5. The molecule has 0 aliphatic heterocycles. The topological polar surface area (TPSA) is 48.5 Å². The van der Waals surface area contributed by atoms with E-state index in [4.69, 9.17) is 15.0 Å². The summed E-state index contributed by atoms with van der Waals surface area (Å²) in [5.41, 5.74) is 16.6. The molecule has 0 spiro atoms. The molecule has 6 heteroatoms. The summed E-state index contributed by atoms with van der Waals surface area (Å²) in [6, 6.07) is 93.2. The quantitative estimate of drug-likeness (QED) is 0.152. The summed E-state index contributed by atoms with van der Waals surface area (Å²) < 4.78 is 7.49. The molecule has 350 valence electrons. The molecule has 0 bridgehead atoms. The molecule has 0 atom stereocenters. The Labute approximate surface area is 436 Å². The van der Waals surface area contributed by atoms with Crippen LogP contribution in [0.5, 0.6) is 0 Å². The van der Waals surface area contributed by atoms with Crippen LogP contribution in [0.25, 0.3) is 143 Å². The number of fused-ring (bicyclic) bond motifs is 11. The second kappa shape index (κ2) is 17.5. The molecule has 11 aromatic carbocycles. The van der Waals surface area contributed by atoms with E-state index in [1.807, 2.05) is 23.5 Å². The molecule has 0 aliphatic carbocycles. The van der Waals surface area contributed by atoms with E-state index in [1.54, 1.807) is 0 Å². The van der Waals surface area contributed by atoms with Crippen molar-refractivity contribution in [2.75, 3.05) is 0 Å². The van der Waals surface area contributed by atoms with Crippen LogP contribution in [0.3, 0.4) is 0 Å². The number of benzene rings is 11. The molecule has 0 N–H and O–H groups in total. The number of hydrogen-bond donors (Lipinski definition) is 0. The van der Waals surface area contributed by atoms with Gasteiger partial charge in [-0.25, -0.2) is 15.0 Å². The predicted molar refractivity (Wildman–Crippen MR) is 314 cm³/mol. The molecule has 0 saturated heterocycles. The van der Waals surface area contributed by atoms with Crippen molar-refractivity contribution in [1.29, 1.82) is 0 Å². The Bertz CT molecular complexity index is 4690. The van der Waals surface area contributed by atoms with Gasteiger partial charge in [-0.3, -0.25) is 0 Å². The lowest BCUT2D eigenvalue weighted by atomic mass is 9.99. The van der Waals surface area contributed by atoms with E-state index in [0.29, 0.717) is 17.5 Å². The van der Waals surface area contributed by atoms with Gasteiger partial charge in [0.05, 0.1) is 37.2 Å². The van der Waals surface area contributed by atoms with Crippen molar-refractivity contribution in [3.8, 4) is 78.9 Å². The highest BCUT2D eigenvalue weighted by atomic mass is 32.1. The zero-order valence-corrected chi connectivity index (χ0v) is 41.3. The number of rotatable bonds is 8. The van der Waals surface area contributed by atoms with Crippen LogP contribution >= 0.6 is 11.3 Å². The van der Waals surface area contributed by atoms with E-state index in [0.717, 1.165) is 55.8 Å². The fraction of sp³-hybridized carbons (Fsp3) is 0. The fourth-order valence-electron chi connectivity index (χ4n) is 11.4. The van der Waals surface area contributed by atoms with Gasteiger partial charge >= 0.3 is 0 Å². The van der Waals surface area contributed by atoms with E-state index in [-0.39, 0.29) is 0 Å². The minimum Gasteiger partial charge on any atom is -0.308 e. The lowest BCUT2D eigenvalue weighted by Gasteiger charge is -2.14. The fourth-order valence-corrected chi connectivity index (χ4v) is 12.7. The van der Waals surface area contributed by atoms with Gasteiger partial charge in [0.15, 0.2) is 17.5 Å². The highest BCUT2D eigenvalue weighted by molar-refractivity contribution is 7.27. The van der Waals surface area contributed by atoms with Gasteiger partial charge in [-0.2, -0.15) is 0 Å². The third kappa shape index (κ3) is 7.03. The van der Waals surface area contributed by atoms with Crippen LogP contribution in [-0.2, 0) is 0 Å². The molecule has 75 heavy (non-hydrogen) atoms. The van der Waals surface area contributed by atoms with Crippen molar-refractivity contribution < 1.29 is 0 Å². The van der Waals surface area contributed by atoms with Crippen LogP contribution in [0.2, 0.25) is 0 Å². The van der Waals surface area contributed by atoms with Crippen LogP contribution in [0, 0.1) is 0 Å². The van der Waals surface area contributed by atoms with Gasteiger partial charge in [0.2, 0.25) is 0 Å². The normalized spacial score (nSPS) is 11.7. The summed E-state index contributed by atoms with van der Waals surface area (Å²) in [5, 5.41) is 7.43. The zero-order chi connectivity index (χ0) is 49.4. The van der Waals surface area contributed by atoms with Gasteiger partial charge in [-0.1, -0.05) is 212 Å². The van der Waals surface area contributed by atoms with Crippen LogP contribution in [-0.4, -0.2) is 24.1 Å². The molecule has 0 amide bonds. The molecule has 0 fully saturated rings. The third-order valence-electron chi connectivity index (χ3n) is 14.8. The second-order valence-corrected chi connectivity index (χ2v) is 20.1. The Balaban J connectivity index is 0.921. The highest BCUT2D eigenvalue weighted by Crippen LogP contribution is 2.48. The maximum absolute atomic E-state index is 5.29. The van der Waals surface area contributed by atoms with Crippen molar-refractivity contribution in [2.45, 2.75) is 0 Å². The molecule has 4 heterocycles. The molecule has 0 radical (unpaired) electrons. The molecule has 15 rings (SSSR count). The van der Waals surface area contributed by atoms with Crippen LogP contribution in [0.15, 0.2) is 261 Å². The van der Waals surface area contributed by atoms with Crippen molar-refractivity contribution in [1.82, 2.24) is 24.1 Å². The molecular weight excluding hydrogens is 931 g/mol. The van der Waals surface area contributed by atoms with Crippen molar-refractivity contribution in [3.63, 3.8) is 0 Å². The van der Waals surface area contributed by atoms with E-state index >= 15 is 0 Å². The minimum absolute atomic E-state index is 0.608. The first-order chi connectivity index (χ1) is 37.2. The average molecular weight is 974 g/mol. The van der Waals surface area contributed by atoms with E-state index in [9.17, 15) is 0 Å². The predicted octanol–water partition coefficient (Wildman–Crippen LogP) is 18.4. The largest absolute Gasteiger partial charge is 0.308 e. The Morgan fingerprint density at radius 1 is 0.267 bits per heavy atom. The number of para-hydroxylation sites is 3. The molecule has 0 saturated carbocycles. The summed E-state index contributed by atoms with van der Waals surface area (Å²) in [7, 11) is 0. The minimum atomic E-state index is 0.608. The maximum atomic E-state index is 5.29. The molecule has 0 aliphatic rings. The van der Waals surface area contributed by atoms with Crippen molar-refractivity contribution in [2.24, 2.45) is 0 Å². The first-order valence-corrected chi connectivity index (χ1v) is 26.2. The summed E-state index contributed by atoms with van der Waals surface area (Å²) in [5.74, 6) is 1.85. The van der Waals surface area contributed by atoms with Crippen molar-refractivity contribution in [3.05, 3.63) is 261 Å². The van der Waals surface area contributed by atoms with Crippen LogP contribution in [0.1, 0.15) is 0 Å². The Morgan fingerprint density at radius 3 is 1.37 bits per heavy atom. The summed E-state index contributed by atoms with van der Waals surface area (Å²) in [4.78, 5) is 15.8. The summed E-state index contributed by atoms with van der Waals surface area (Å²) in [6.45, 7) is 0. The van der Waals surface area contributed by atoms with E-state index in [1.165, 1.54) is 69.4 Å². The standard InChI is InChI=1S/C69H43N5S/c1-4-19-44(20-5-1)48-25-18-26-49(43-48)68-70-67(71-69(72-68)59-31-11-10-27-51(59)45-21-6-2-7-22-45)47-35-37-50(38-36-47)73-61-33-16-13-29-53(61)55-39-41-57-58-42-40-56-54-30-14-17-34-62(54)74(64(56)66(58)75-65(57)63(55)73)60-32-15-12-28-52(60)46-23-8-3-9-24-46/h1-43H. The average Bonchev–Trinajstić information content (AvgIpc) is 4.16. The Kier molecular flexibility index (Phi) is 10.00. The van der Waals surface area contributed by atoms with Gasteiger partial charge < -0.3 is 9.13 Å². The maximum Gasteiger partial charge on any atom is 0.164 e. The van der Waals surface area contributed by atoms with E-state index in [2.05, 4.69) is 258 Å². The van der Waals surface area contributed by atoms with Gasteiger partial charge in [0.25, 0.3) is 0 Å². The lowest BCUT2D eigenvalue weighted by molar-refractivity contribution is 1.07. The third-order valence-corrected chi connectivity index (χ3v) is 16.0. The monoisotopic (exact) mass is 973 g/mol. The van der Waals surface area contributed by atoms with Gasteiger partial charge in [-0.05, 0) is 76.3 Å². The number of hydrogen-bond acceptors (Lipinski definition) is 4. The van der Waals surface area contributed by atoms with E-state index < -0.39 is 0 Å². The molecule has 4 aromatic heterocycles. The molecular formula is C69H43N5S. The lowest BCUT2D eigenvalue weighted by Crippen LogP contribution is -2.01. The molecule has 0 unspecified atom stereocenters. The molecule has 15 aromatic rings. The number of aromatic nitrogens is 5. The molecule has 5 nitrogen and oxygen atoms in total. The first-order valence-electron chi connectivity index (χ1n) is 25.3. The first kappa shape index (κ1) is 42.9. The highest BCUT2D eigenvalue weighted by Gasteiger charge is 2.23. The second-order valence-electron chi connectivity index (χ2n) is 19.1. The van der Waals surface area contributed by atoms with Gasteiger partial charge in [0.1, 0.15) is 0 Å². The number of nitrogens with zero attached hydrogens (tertiary/aromatic N) is 5. The summed E-state index contributed by atoms with van der Waals surface area (Å²) in [6.07, 6.45) is 0. The van der Waals surface area contributed by atoms with Gasteiger partial charge in [0, 0.05) is 60.3 Å². The SMILES string of the molecule is c1ccc(-c2cccc(-c3nc(-c4ccc(-n5c6ccccc6c6ccc7c8ccc9c%10ccccc%10n(-c%10ccccc%10-c%10ccccc%10)c9c8sc7c65)cc4)nc(-c4ccccc4-c4ccccc4)n3)c2)cc1. The van der Waals surface area contributed by atoms with Gasteiger partial charge in [-0.15, -0.1) is 11.3 Å². The smallest absolute Gasteiger partial charge is 0.164 e. The summed E-state index contributed by atoms with van der Waals surface area (Å²) >= 11 is 1.90. The number of thiophene rings is 1. The Hall–Kier alpha value is -9.75. The van der Waals surface area contributed by atoms with Crippen LogP contribution in [0.4, 0.5) is 0 Å².